The van der Waals surface area contributed by atoms with Crippen molar-refractivity contribution in [1.82, 2.24) is 5.32 Å². The molecule has 92 valence electrons. The van der Waals surface area contributed by atoms with Gasteiger partial charge in [-0.25, -0.2) is 4.39 Å². The summed E-state index contributed by atoms with van der Waals surface area (Å²) in [5.74, 6) is 0.473. The minimum atomic E-state index is -0.337. The Kier molecular flexibility index (Phi) is 3.75. The third kappa shape index (κ3) is 2.76. The Hall–Kier alpha value is -2.12. The van der Waals surface area contributed by atoms with Gasteiger partial charge in [-0.05, 0) is 42.8 Å². The molecule has 2 rings (SSSR count). The highest BCUT2D eigenvalue weighted by Crippen LogP contribution is 2.15. The van der Waals surface area contributed by atoms with Gasteiger partial charge in [-0.1, -0.05) is 0 Å². The molecule has 1 unspecified atom stereocenters. The molecular formula is C14H13FN2O. The predicted octanol–water partition coefficient (Wildman–Crippen LogP) is 3.14. The SMILES string of the molecule is CC(NCc1cc(F)ccc1C#N)c1ccco1. The van der Waals surface area contributed by atoms with Crippen molar-refractivity contribution in [1.29, 1.82) is 5.26 Å². The van der Waals surface area contributed by atoms with Gasteiger partial charge in [0, 0.05) is 6.54 Å². The summed E-state index contributed by atoms with van der Waals surface area (Å²) in [7, 11) is 0. The monoisotopic (exact) mass is 244 g/mol. The van der Waals surface area contributed by atoms with E-state index in [1.807, 2.05) is 19.1 Å². The highest BCUT2D eigenvalue weighted by atomic mass is 19.1. The lowest BCUT2D eigenvalue weighted by atomic mass is 10.1. The van der Waals surface area contributed by atoms with Gasteiger partial charge in [0.25, 0.3) is 0 Å². The minimum Gasteiger partial charge on any atom is -0.468 e. The molecule has 18 heavy (non-hydrogen) atoms. The molecule has 0 saturated carbocycles. The van der Waals surface area contributed by atoms with Crippen molar-refractivity contribution in [3.05, 3.63) is 59.3 Å². The normalized spacial score (nSPS) is 12.1. The molecule has 0 aliphatic rings. The molecule has 1 aromatic carbocycles. The van der Waals surface area contributed by atoms with Crippen LogP contribution in [0, 0.1) is 17.1 Å². The lowest BCUT2D eigenvalue weighted by Crippen LogP contribution is -2.18. The van der Waals surface area contributed by atoms with Crippen molar-refractivity contribution >= 4 is 0 Å². The van der Waals surface area contributed by atoms with Crippen molar-refractivity contribution in [2.45, 2.75) is 19.5 Å². The highest BCUT2D eigenvalue weighted by Gasteiger charge is 2.09. The lowest BCUT2D eigenvalue weighted by molar-refractivity contribution is 0.430. The summed E-state index contributed by atoms with van der Waals surface area (Å²) in [6.07, 6.45) is 1.61. The van der Waals surface area contributed by atoms with Gasteiger partial charge in [0.05, 0.1) is 23.9 Å². The van der Waals surface area contributed by atoms with E-state index >= 15 is 0 Å². The van der Waals surface area contributed by atoms with Crippen LogP contribution in [-0.2, 0) is 6.54 Å². The molecule has 0 spiro atoms. The van der Waals surface area contributed by atoms with Gasteiger partial charge in [0.15, 0.2) is 0 Å². The van der Waals surface area contributed by atoms with E-state index in [1.54, 1.807) is 6.26 Å². The van der Waals surface area contributed by atoms with Crippen LogP contribution in [0.25, 0.3) is 0 Å². The molecule has 1 atom stereocenters. The first kappa shape index (κ1) is 12.3. The zero-order chi connectivity index (χ0) is 13.0. The van der Waals surface area contributed by atoms with E-state index in [0.29, 0.717) is 17.7 Å². The standard InChI is InChI=1S/C14H13FN2O/c1-10(14-3-2-6-18-14)17-9-12-7-13(15)5-4-11(12)8-16/h2-7,10,17H,9H2,1H3. The molecule has 3 nitrogen and oxygen atoms in total. The Labute approximate surface area is 105 Å². The quantitative estimate of drug-likeness (QED) is 0.898. The van der Waals surface area contributed by atoms with Gasteiger partial charge in [-0.3, -0.25) is 0 Å². The Morgan fingerprint density at radius 1 is 1.44 bits per heavy atom. The Bertz CT molecular complexity index is 558. The van der Waals surface area contributed by atoms with Crippen LogP contribution in [0.15, 0.2) is 41.0 Å². The molecule has 1 N–H and O–H groups in total. The number of benzene rings is 1. The third-order valence-electron chi connectivity index (χ3n) is 2.76. The van der Waals surface area contributed by atoms with Crippen LogP contribution in [0.1, 0.15) is 29.9 Å². The number of hydrogen-bond donors (Lipinski definition) is 1. The molecule has 0 amide bonds. The lowest BCUT2D eigenvalue weighted by Gasteiger charge is -2.12. The van der Waals surface area contributed by atoms with Crippen molar-refractivity contribution in [3.8, 4) is 6.07 Å². The molecule has 0 radical (unpaired) electrons. The Morgan fingerprint density at radius 3 is 2.94 bits per heavy atom. The number of halogens is 1. The van der Waals surface area contributed by atoms with Crippen LogP contribution in [0.5, 0.6) is 0 Å². The first-order chi connectivity index (χ1) is 8.70. The van der Waals surface area contributed by atoms with Gasteiger partial charge in [0.1, 0.15) is 11.6 Å². The van der Waals surface area contributed by atoms with Gasteiger partial charge < -0.3 is 9.73 Å². The molecule has 1 aromatic heterocycles. The largest absolute Gasteiger partial charge is 0.468 e. The summed E-state index contributed by atoms with van der Waals surface area (Å²) in [5, 5.41) is 12.1. The molecule has 0 bridgehead atoms. The predicted molar refractivity (Wildman–Crippen MR) is 65.1 cm³/mol. The van der Waals surface area contributed by atoms with Crippen molar-refractivity contribution in [2.24, 2.45) is 0 Å². The second kappa shape index (κ2) is 5.48. The third-order valence-corrected chi connectivity index (χ3v) is 2.76. The van der Waals surface area contributed by atoms with Crippen molar-refractivity contribution in [3.63, 3.8) is 0 Å². The number of hydrogen-bond acceptors (Lipinski definition) is 3. The first-order valence-corrected chi connectivity index (χ1v) is 5.66. The van der Waals surface area contributed by atoms with Crippen LogP contribution in [0.3, 0.4) is 0 Å². The van der Waals surface area contributed by atoms with Gasteiger partial charge in [-0.15, -0.1) is 0 Å². The van der Waals surface area contributed by atoms with Crippen LogP contribution >= 0.6 is 0 Å². The number of nitrogens with zero attached hydrogens (tertiary/aromatic N) is 1. The Balaban J connectivity index is 2.06. The average molecular weight is 244 g/mol. The second-order valence-corrected chi connectivity index (χ2v) is 4.03. The van der Waals surface area contributed by atoms with Gasteiger partial charge in [-0.2, -0.15) is 5.26 Å². The molecule has 0 aliphatic carbocycles. The number of furan rings is 1. The van der Waals surface area contributed by atoms with Crippen LogP contribution < -0.4 is 5.32 Å². The van der Waals surface area contributed by atoms with Crippen LogP contribution in [-0.4, -0.2) is 0 Å². The summed E-state index contributed by atoms with van der Waals surface area (Å²) < 4.78 is 18.4. The minimum absolute atomic E-state index is 0.00908. The van der Waals surface area contributed by atoms with Crippen LogP contribution in [0.4, 0.5) is 4.39 Å². The first-order valence-electron chi connectivity index (χ1n) is 5.66. The maximum atomic E-state index is 13.1. The number of rotatable bonds is 4. The van der Waals surface area contributed by atoms with E-state index in [0.717, 1.165) is 5.76 Å². The molecule has 1 heterocycles. The van der Waals surface area contributed by atoms with Gasteiger partial charge in [0.2, 0.25) is 0 Å². The highest BCUT2D eigenvalue weighted by molar-refractivity contribution is 5.37. The van der Waals surface area contributed by atoms with E-state index in [4.69, 9.17) is 9.68 Å². The molecular weight excluding hydrogens is 231 g/mol. The zero-order valence-corrected chi connectivity index (χ0v) is 9.98. The van der Waals surface area contributed by atoms with E-state index in [-0.39, 0.29) is 11.9 Å². The molecule has 0 fully saturated rings. The molecule has 0 saturated heterocycles. The fourth-order valence-corrected chi connectivity index (χ4v) is 1.72. The van der Waals surface area contributed by atoms with Crippen LogP contribution in [0.2, 0.25) is 0 Å². The van der Waals surface area contributed by atoms with E-state index in [2.05, 4.69) is 11.4 Å². The van der Waals surface area contributed by atoms with Gasteiger partial charge >= 0.3 is 0 Å². The summed E-state index contributed by atoms with van der Waals surface area (Å²) in [5.41, 5.74) is 1.13. The second-order valence-electron chi connectivity index (χ2n) is 4.03. The summed E-state index contributed by atoms with van der Waals surface area (Å²) in [6.45, 7) is 2.37. The topological polar surface area (TPSA) is 49.0 Å². The number of nitriles is 1. The molecule has 2 aromatic rings. The van der Waals surface area contributed by atoms with Crippen molar-refractivity contribution < 1.29 is 8.81 Å². The summed E-state index contributed by atoms with van der Waals surface area (Å²) >= 11 is 0. The maximum absolute atomic E-state index is 13.1. The Morgan fingerprint density at radius 2 is 2.28 bits per heavy atom. The summed E-state index contributed by atoms with van der Waals surface area (Å²) in [6, 6.07) is 9.90. The molecule has 0 aliphatic heterocycles. The summed E-state index contributed by atoms with van der Waals surface area (Å²) in [4.78, 5) is 0. The smallest absolute Gasteiger partial charge is 0.123 e. The maximum Gasteiger partial charge on any atom is 0.123 e. The molecule has 4 heteroatoms. The fourth-order valence-electron chi connectivity index (χ4n) is 1.72. The van der Waals surface area contributed by atoms with E-state index in [9.17, 15) is 4.39 Å². The average Bonchev–Trinajstić information content (AvgIpc) is 2.90. The van der Waals surface area contributed by atoms with E-state index < -0.39 is 0 Å². The zero-order valence-electron chi connectivity index (χ0n) is 9.98. The number of nitrogens with one attached hydrogen (secondary N) is 1. The fraction of sp³-hybridized carbons (Fsp3) is 0.214. The van der Waals surface area contributed by atoms with Crippen molar-refractivity contribution in [2.75, 3.05) is 0 Å². The van der Waals surface area contributed by atoms with E-state index in [1.165, 1.54) is 18.2 Å².